The van der Waals surface area contributed by atoms with E-state index in [1.807, 2.05) is 0 Å². The molecule has 0 saturated heterocycles. The zero-order valence-electron chi connectivity index (χ0n) is 13.9. The number of nitrogens with one attached hydrogen (secondary N) is 1. The van der Waals surface area contributed by atoms with Crippen LogP contribution in [0.2, 0.25) is 0 Å². The van der Waals surface area contributed by atoms with Gasteiger partial charge in [0.1, 0.15) is 11.3 Å². The lowest BCUT2D eigenvalue weighted by atomic mass is 10.1. The average Bonchev–Trinajstić information content (AvgIpc) is 2.57. The first-order valence-electron chi connectivity index (χ1n) is 7.50. The molecule has 8 nitrogen and oxygen atoms in total. The van der Waals surface area contributed by atoms with Crippen molar-refractivity contribution in [3.05, 3.63) is 58.1 Å². The van der Waals surface area contributed by atoms with E-state index < -0.39 is 22.8 Å². The van der Waals surface area contributed by atoms with Gasteiger partial charge in [0.15, 0.2) is 17.3 Å². The third-order valence-electron chi connectivity index (χ3n) is 3.62. The van der Waals surface area contributed by atoms with Gasteiger partial charge in [-0.05, 0) is 30.3 Å². The number of halogens is 1. The fourth-order valence-corrected chi connectivity index (χ4v) is 2.48. The number of rotatable bonds is 4. The van der Waals surface area contributed by atoms with Crippen molar-refractivity contribution in [2.75, 3.05) is 19.5 Å². The molecule has 0 amide bonds. The van der Waals surface area contributed by atoms with Gasteiger partial charge in [-0.15, -0.1) is 0 Å². The third kappa shape index (κ3) is 3.07. The highest BCUT2D eigenvalue weighted by atomic mass is 19.1. The van der Waals surface area contributed by atoms with E-state index in [2.05, 4.69) is 10.4 Å². The van der Waals surface area contributed by atoms with E-state index in [1.165, 1.54) is 33.8 Å². The molecule has 3 rings (SSSR count). The second kappa shape index (κ2) is 6.45. The molecule has 0 aliphatic rings. The third-order valence-corrected chi connectivity index (χ3v) is 3.62. The minimum Gasteiger partial charge on any atom is -0.508 e. The highest BCUT2D eigenvalue weighted by molar-refractivity contribution is 5.92. The number of phenolic OH excluding ortho intramolecular Hbond substituents is 1. The Morgan fingerprint density at radius 1 is 1.27 bits per heavy atom. The van der Waals surface area contributed by atoms with Crippen LogP contribution in [0, 0.1) is 5.82 Å². The van der Waals surface area contributed by atoms with Crippen molar-refractivity contribution in [1.29, 1.82) is 0 Å². The monoisotopic (exact) mass is 358 g/mol. The van der Waals surface area contributed by atoms with Crippen LogP contribution in [0.15, 0.2) is 41.3 Å². The molecule has 0 spiro atoms. The molecular formula is C17H15FN4O4. The van der Waals surface area contributed by atoms with Crippen LogP contribution in [0.25, 0.3) is 16.7 Å². The Balaban J connectivity index is 2.39. The van der Waals surface area contributed by atoms with Crippen molar-refractivity contribution in [3.63, 3.8) is 0 Å². The van der Waals surface area contributed by atoms with Gasteiger partial charge < -0.3 is 20.2 Å². The molecule has 1 aromatic carbocycles. The van der Waals surface area contributed by atoms with E-state index in [4.69, 9.17) is 0 Å². The number of anilines is 1. The summed E-state index contributed by atoms with van der Waals surface area (Å²) >= 11 is 0. The molecule has 0 fully saturated rings. The lowest BCUT2D eigenvalue weighted by Gasteiger charge is -2.16. The first kappa shape index (κ1) is 17.4. The topological polar surface area (TPSA) is 108 Å². The van der Waals surface area contributed by atoms with Gasteiger partial charge in [0.2, 0.25) is 5.43 Å². The Kier molecular flexibility index (Phi) is 4.31. The minimum atomic E-state index is -1.43. The zero-order valence-corrected chi connectivity index (χ0v) is 13.9. The number of phenols is 1. The van der Waals surface area contributed by atoms with Crippen molar-refractivity contribution in [2.45, 2.75) is 0 Å². The summed E-state index contributed by atoms with van der Waals surface area (Å²) in [5.74, 6) is -2.31. The summed E-state index contributed by atoms with van der Waals surface area (Å²) in [7, 11) is 3.29. The number of nitrogens with zero attached hydrogens (tertiary/aromatic N) is 3. The Morgan fingerprint density at radius 2 is 1.92 bits per heavy atom. The number of carbonyl (C=O) groups is 1. The Morgan fingerprint density at radius 3 is 2.50 bits per heavy atom. The van der Waals surface area contributed by atoms with Crippen LogP contribution in [0.3, 0.4) is 0 Å². The number of aromatic carboxylic acids is 1. The molecule has 134 valence electrons. The van der Waals surface area contributed by atoms with E-state index in [-0.39, 0.29) is 22.6 Å². The van der Waals surface area contributed by atoms with Gasteiger partial charge in [-0.1, -0.05) is 0 Å². The van der Waals surface area contributed by atoms with Crippen molar-refractivity contribution in [2.24, 2.45) is 0 Å². The van der Waals surface area contributed by atoms with Crippen LogP contribution in [0.1, 0.15) is 10.4 Å². The minimum absolute atomic E-state index is 0.0199. The molecule has 0 unspecified atom stereocenters. The number of aromatic nitrogens is 2. The van der Waals surface area contributed by atoms with Gasteiger partial charge in [0.05, 0.1) is 5.39 Å². The summed E-state index contributed by atoms with van der Waals surface area (Å²) in [5, 5.41) is 20.1. The molecule has 0 radical (unpaired) electrons. The van der Waals surface area contributed by atoms with E-state index in [1.54, 1.807) is 14.1 Å². The van der Waals surface area contributed by atoms with Gasteiger partial charge in [0, 0.05) is 26.0 Å². The van der Waals surface area contributed by atoms with E-state index in [0.717, 1.165) is 12.3 Å². The number of hydrogen-bond donors (Lipinski definition) is 3. The number of carboxylic acid groups (broad SMARTS) is 1. The fourth-order valence-electron chi connectivity index (χ4n) is 2.48. The molecule has 0 aliphatic heterocycles. The number of pyridine rings is 2. The van der Waals surface area contributed by atoms with E-state index in [0.29, 0.717) is 5.69 Å². The smallest absolute Gasteiger partial charge is 0.341 e. The van der Waals surface area contributed by atoms with Crippen molar-refractivity contribution in [1.82, 2.24) is 14.6 Å². The van der Waals surface area contributed by atoms with E-state index >= 15 is 0 Å². The predicted octanol–water partition coefficient (Wildman–Crippen LogP) is 1.82. The molecule has 0 aliphatic carbocycles. The van der Waals surface area contributed by atoms with E-state index in [9.17, 15) is 24.2 Å². The largest absolute Gasteiger partial charge is 0.508 e. The SMILES string of the molecule is CN(C)Nc1nc2c(cc1F)c(=O)c(C(=O)O)cn2-c1ccc(O)cc1. The summed E-state index contributed by atoms with van der Waals surface area (Å²) in [6.45, 7) is 0. The molecule has 0 atom stereocenters. The summed E-state index contributed by atoms with van der Waals surface area (Å²) < 4.78 is 15.7. The highest BCUT2D eigenvalue weighted by Crippen LogP contribution is 2.22. The van der Waals surface area contributed by atoms with Crippen molar-refractivity contribution in [3.8, 4) is 11.4 Å². The van der Waals surface area contributed by atoms with Gasteiger partial charge >= 0.3 is 5.97 Å². The second-order valence-electron chi connectivity index (χ2n) is 5.76. The van der Waals surface area contributed by atoms with Crippen LogP contribution in [0.4, 0.5) is 10.2 Å². The first-order valence-corrected chi connectivity index (χ1v) is 7.50. The first-order chi connectivity index (χ1) is 12.3. The number of hydrogen-bond acceptors (Lipinski definition) is 6. The molecule has 2 heterocycles. The Bertz CT molecular complexity index is 1060. The lowest BCUT2D eigenvalue weighted by molar-refractivity contribution is 0.0695. The molecular weight excluding hydrogens is 343 g/mol. The molecule has 0 saturated carbocycles. The van der Waals surface area contributed by atoms with Gasteiger partial charge in [-0.2, -0.15) is 0 Å². The van der Waals surface area contributed by atoms with Gasteiger partial charge in [0.25, 0.3) is 0 Å². The van der Waals surface area contributed by atoms with Crippen LogP contribution in [-0.2, 0) is 0 Å². The molecule has 3 aromatic rings. The van der Waals surface area contributed by atoms with Gasteiger partial charge in [-0.25, -0.2) is 19.2 Å². The second-order valence-corrected chi connectivity index (χ2v) is 5.76. The summed E-state index contributed by atoms with van der Waals surface area (Å²) in [6.07, 6.45) is 1.13. The summed E-state index contributed by atoms with van der Waals surface area (Å²) in [6, 6.07) is 6.81. The molecule has 9 heteroatoms. The van der Waals surface area contributed by atoms with Crippen LogP contribution < -0.4 is 10.9 Å². The maximum absolute atomic E-state index is 14.3. The van der Waals surface area contributed by atoms with Crippen LogP contribution >= 0.6 is 0 Å². The fraction of sp³-hybridized carbons (Fsp3) is 0.118. The van der Waals surface area contributed by atoms with Gasteiger partial charge in [-0.3, -0.25) is 4.79 Å². The number of hydrazine groups is 1. The van der Waals surface area contributed by atoms with Crippen molar-refractivity contribution >= 4 is 22.8 Å². The van der Waals surface area contributed by atoms with Crippen LogP contribution in [-0.4, -0.2) is 44.8 Å². The number of fused-ring (bicyclic) bond motifs is 1. The van der Waals surface area contributed by atoms with Crippen molar-refractivity contribution < 1.29 is 19.4 Å². The zero-order chi connectivity index (χ0) is 19.0. The van der Waals surface area contributed by atoms with Crippen LogP contribution in [0.5, 0.6) is 5.75 Å². The number of carboxylic acids is 1. The Hall–Kier alpha value is -3.46. The maximum atomic E-state index is 14.3. The average molecular weight is 358 g/mol. The lowest BCUT2D eigenvalue weighted by Crippen LogP contribution is -2.23. The quantitative estimate of drug-likeness (QED) is 0.611. The highest BCUT2D eigenvalue weighted by Gasteiger charge is 2.19. The normalized spacial score (nSPS) is 11.1. The molecule has 26 heavy (non-hydrogen) atoms. The molecule has 0 bridgehead atoms. The Labute approximate surface area is 146 Å². The molecule has 2 aromatic heterocycles. The number of aromatic hydroxyl groups is 1. The molecule has 3 N–H and O–H groups in total. The summed E-state index contributed by atoms with van der Waals surface area (Å²) in [4.78, 5) is 28.0. The maximum Gasteiger partial charge on any atom is 0.341 e. The summed E-state index contributed by atoms with van der Waals surface area (Å²) in [5.41, 5.74) is 1.87. The standard InChI is InChI=1S/C17H15FN4O4/c1-21(2)20-15-13(18)7-11-14(24)12(17(25)26)8-22(16(11)19-15)9-3-5-10(23)6-4-9/h3-8,23H,1-2H3,(H,19,20)(H,25,26). The predicted molar refractivity (Wildman–Crippen MR) is 93.2 cm³/mol. The number of benzene rings is 1.